The molecular formula is C27H31NO5S. The first kappa shape index (κ1) is 25.4. The molecule has 6 nitrogen and oxygen atoms in total. The summed E-state index contributed by atoms with van der Waals surface area (Å²) in [4.78, 5) is 22.4. The summed E-state index contributed by atoms with van der Waals surface area (Å²) >= 11 is 0.701. The van der Waals surface area contributed by atoms with E-state index in [0.29, 0.717) is 37.0 Å². The van der Waals surface area contributed by atoms with E-state index in [0.717, 1.165) is 46.6 Å². The van der Waals surface area contributed by atoms with Crippen LogP contribution in [0.2, 0.25) is 0 Å². The van der Waals surface area contributed by atoms with Gasteiger partial charge < -0.3 is 19.9 Å². The zero-order valence-electron chi connectivity index (χ0n) is 20.1. The summed E-state index contributed by atoms with van der Waals surface area (Å²) in [6.45, 7) is 12.9. The molecule has 2 N–H and O–H groups in total. The molecule has 0 fully saturated rings. The summed E-state index contributed by atoms with van der Waals surface area (Å²) in [6, 6.07) is 7.29. The third-order valence-electron chi connectivity index (χ3n) is 5.98. The number of amides is 1. The summed E-state index contributed by atoms with van der Waals surface area (Å²) in [5.74, 6) is 2.54. The predicted octanol–water partition coefficient (Wildman–Crippen LogP) is 5.69. The number of rotatable bonds is 9. The summed E-state index contributed by atoms with van der Waals surface area (Å²) < 4.78 is 18.5. The van der Waals surface area contributed by atoms with E-state index in [4.69, 9.17) is 19.9 Å². The smallest absolute Gasteiger partial charge is 0.281 e. The van der Waals surface area contributed by atoms with E-state index in [1.807, 2.05) is 24.3 Å². The average molecular weight is 482 g/mol. The van der Waals surface area contributed by atoms with Crippen molar-refractivity contribution in [2.75, 3.05) is 13.2 Å². The molecule has 1 unspecified atom stereocenters. The maximum atomic E-state index is 11.1. The third-order valence-corrected chi connectivity index (χ3v) is 6.63. The highest BCUT2D eigenvalue weighted by Gasteiger charge is 2.35. The number of ether oxygens (including phenoxy) is 3. The van der Waals surface area contributed by atoms with Crippen LogP contribution in [0.4, 0.5) is 4.79 Å². The second-order valence-electron chi connectivity index (χ2n) is 8.61. The second kappa shape index (κ2) is 10.8. The van der Waals surface area contributed by atoms with Crippen molar-refractivity contribution in [3.8, 4) is 17.2 Å². The van der Waals surface area contributed by atoms with Crippen molar-refractivity contribution < 1.29 is 23.8 Å². The monoisotopic (exact) mass is 481 g/mol. The summed E-state index contributed by atoms with van der Waals surface area (Å²) in [6.07, 6.45) is 5.66. The second-order valence-corrected chi connectivity index (χ2v) is 9.68. The van der Waals surface area contributed by atoms with Crippen molar-refractivity contribution in [1.82, 2.24) is 0 Å². The normalized spacial score (nSPS) is 17.4. The fraction of sp³-hybridized carbons (Fsp3) is 0.333. The summed E-state index contributed by atoms with van der Waals surface area (Å²) in [5, 5.41) is -0.623. The first-order valence-electron chi connectivity index (χ1n) is 11.1. The van der Waals surface area contributed by atoms with Crippen LogP contribution in [0.5, 0.6) is 17.2 Å². The van der Waals surface area contributed by atoms with Gasteiger partial charge in [-0.1, -0.05) is 24.8 Å². The van der Waals surface area contributed by atoms with E-state index >= 15 is 0 Å². The molecule has 7 heteroatoms. The Morgan fingerprint density at radius 1 is 1.18 bits per heavy atom. The molecule has 0 saturated heterocycles. The number of benzene rings is 2. The van der Waals surface area contributed by atoms with E-state index in [2.05, 4.69) is 34.3 Å². The number of fused-ring (bicyclic) bond motifs is 1. The Kier molecular flexibility index (Phi) is 8.10. The zero-order valence-corrected chi connectivity index (χ0v) is 20.9. The fourth-order valence-corrected chi connectivity index (χ4v) is 4.48. The molecule has 1 aliphatic rings. The van der Waals surface area contributed by atoms with Crippen molar-refractivity contribution in [1.29, 1.82) is 0 Å². The van der Waals surface area contributed by atoms with Gasteiger partial charge in [0.05, 0.1) is 4.91 Å². The highest BCUT2D eigenvalue weighted by Crippen LogP contribution is 2.44. The Balaban J connectivity index is 1.71. The van der Waals surface area contributed by atoms with Crippen LogP contribution in [0.25, 0.3) is 6.08 Å². The molecule has 1 amide bonds. The number of primary amides is 1. The predicted molar refractivity (Wildman–Crippen MR) is 137 cm³/mol. The number of allylic oxidation sites excluding steroid dienone is 1. The molecule has 2 aromatic carbocycles. The van der Waals surface area contributed by atoms with E-state index in [1.165, 1.54) is 5.56 Å². The molecule has 3 rings (SSSR count). The van der Waals surface area contributed by atoms with Gasteiger partial charge in [0.1, 0.15) is 36.1 Å². The maximum absolute atomic E-state index is 11.1. The van der Waals surface area contributed by atoms with Crippen LogP contribution < -0.4 is 19.9 Å². The van der Waals surface area contributed by atoms with E-state index < -0.39 is 10.8 Å². The van der Waals surface area contributed by atoms with Crippen molar-refractivity contribution in [2.24, 2.45) is 5.73 Å². The topological polar surface area (TPSA) is 87.9 Å². The van der Waals surface area contributed by atoms with Gasteiger partial charge >= 0.3 is 0 Å². The Morgan fingerprint density at radius 3 is 2.50 bits per heavy atom. The van der Waals surface area contributed by atoms with Gasteiger partial charge in [-0.15, -0.1) is 0 Å². The molecule has 0 aromatic heterocycles. The number of hydrogen-bond donors (Lipinski definition) is 1. The number of aldehydes is 1. The molecule has 2 aromatic rings. The largest absolute Gasteiger partial charge is 0.489 e. The SMILES string of the molecule is C=CCOc1c(C)c(C)c2c(c1C)CCC(C)(COc1ccc(/C=C(/C=O)SC(N)=O)cc1)O2. The molecule has 0 aliphatic carbocycles. The van der Waals surface area contributed by atoms with Crippen molar-refractivity contribution in [3.05, 3.63) is 69.6 Å². The standard InChI is InChI=1S/C27H31NO5S/c1-6-13-31-24-17(2)18(3)25-23(19(24)4)11-12-27(5,33-25)16-32-21-9-7-20(8-10-21)14-22(15-29)34-26(28)30/h6-10,14-15H,1,11-13,16H2,2-5H3,(H2,28,30)/b22-14-. The summed E-state index contributed by atoms with van der Waals surface area (Å²) in [7, 11) is 0. The number of thioether (sulfide) groups is 1. The van der Waals surface area contributed by atoms with Crippen LogP contribution in [0, 0.1) is 20.8 Å². The minimum atomic E-state index is -0.623. The van der Waals surface area contributed by atoms with E-state index in [-0.39, 0.29) is 4.91 Å². The van der Waals surface area contributed by atoms with E-state index in [1.54, 1.807) is 12.2 Å². The van der Waals surface area contributed by atoms with E-state index in [9.17, 15) is 9.59 Å². The van der Waals surface area contributed by atoms with Crippen molar-refractivity contribution in [2.45, 2.75) is 46.1 Å². The van der Waals surface area contributed by atoms with Crippen LogP contribution in [0.3, 0.4) is 0 Å². The van der Waals surface area contributed by atoms with Gasteiger partial charge in [0.2, 0.25) is 0 Å². The van der Waals surface area contributed by atoms with Gasteiger partial charge in [0.25, 0.3) is 5.24 Å². The van der Waals surface area contributed by atoms with Crippen LogP contribution in [0.15, 0.2) is 41.8 Å². The lowest BCUT2D eigenvalue weighted by Crippen LogP contribution is -2.42. The van der Waals surface area contributed by atoms with Gasteiger partial charge in [0.15, 0.2) is 6.29 Å². The Morgan fingerprint density at radius 2 is 1.88 bits per heavy atom. The zero-order chi connectivity index (χ0) is 24.9. The maximum Gasteiger partial charge on any atom is 0.281 e. The highest BCUT2D eigenvalue weighted by molar-refractivity contribution is 8.17. The third kappa shape index (κ3) is 5.83. The average Bonchev–Trinajstić information content (AvgIpc) is 2.81. The first-order valence-corrected chi connectivity index (χ1v) is 11.9. The molecule has 34 heavy (non-hydrogen) atoms. The number of hydrogen-bond acceptors (Lipinski definition) is 6. The molecule has 180 valence electrons. The number of carbonyl (C=O) groups is 2. The molecule has 1 atom stereocenters. The van der Waals surface area contributed by atoms with Crippen LogP contribution in [-0.2, 0) is 11.2 Å². The highest BCUT2D eigenvalue weighted by atomic mass is 32.2. The van der Waals surface area contributed by atoms with Gasteiger partial charge in [-0.2, -0.15) is 0 Å². The minimum Gasteiger partial charge on any atom is -0.489 e. The molecule has 0 saturated carbocycles. The lowest BCUT2D eigenvalue weighted by molar-refractivity contribution is -0.104. The minimum absolute atomic E-state index is 0.252. The van der Waals surface area contributed by atoms with Crippen LogP contribution in [0.1, 0.15) is 41.2 Å². The Labute approximate surface area is 205 Å². The van der Waals surface area contributed by atoms with Gasteiger partial charge in [-0.3, -0.25) is 9.59 Å². The van der Waals surface area contributed by atoms with Gasteiger partial charge in [-0.25, -0.2) is 0 Å². The quantitative estimate of drug-likeness (QED) is 0.281. The van der Waals surface area contributed by atoms with Crippen LogP contribution in [-0.4, -0.2) is 30.3 Å². The lowest BCUT2D eigenvalue weighted by atomic mass is 9.87. The molecule has 0 bridgehead atoms. The lowest BCUT2D eigenvalue weighted by Gasteiger charge is -2.38. The Bertz CT molecular complexity index is 1120. The van der Waals surface area contributed by atoms with Crippen molar-refractivity contribution in [3.63, 3.8) is 0 Å². The van der Waals surface area contributed by atoms with Gasteiger partial charge in [-0.05, 0) is 92.8 Å². The molecule has 0 radical (unpaired) electrons. The number of nitrogens with two attached hydrogens (primary N) is 1. The summed E-state index contributed by atoms with van der Waals surface area (Å²) in [5.41, 5.74) is 9.91. The first-order chi connectivity index (χ1) is 16.2. The Hall–Kier alpha value is -3.19. The van der Waals surface area contributed by atoms with Crippen molar-refractivity contribution >= 4 is 29.4 Å². The number of carbonyl (C=O) groups excluding carboxylic acids is 2. The van der Waals surface area contributed by atoms with Crippen LogP contribution >= 0.6 is 11.8 Å². The molecular weight excluding hydrogens is 450 g/mol. The fourth-order valence-electron chi connectivity index (χ4n) is 4.01. The molecule has 1 aliphatic heterocycles. The molecule has 0 spiro atoms. The van der Waals surface area contributed by atoms with Gasteiger partial charge in [0, 0.05) is 5.56 Å². The molecule has 1 heterocycles.